The highest BCUT2D eigenvalue weighted by Crippen LogP contribution is 2.43. The lowest BCUT2D eigenvalue weighted by molar-refractivity contribution is 0.325. The van der Waals surface area contributed by atoms with E-state index in [1.807, 2.05) is 0 Å². The number of sulfone groups is 1. The van der Waals surface area contributed by atoms with Crippen LogP contribution >= 0.6 is 0 Å². The van der Waals surface area contributed by atoms with E-state index in [1.54, 1.807) is 6.07 Å². The van der Waals surface area contributed by atoms with Gasteiger partial charge in [0.05, 0.1) is 10.9 Å². The molecule has 0 N–H and O–H groups in total. The minimum absolute atomic E-state index is 0.0757. The summed E-state index contributed by atoms with van der Waals surface area (Å²) < 4.78 is 66.3. The van der Waals surface area contributed by atoms with Gasteiger partial charge < -0.3 is 0 Å². The molecule has 120 valence electrons. The van der Waals surface area contributed by atoms with Crippen LogP contribution < -0.4 is 0 Å². The first-order valence-electron chi connectivity index (χ1n) is 6.87. The Kier molecular flexibility index (Phi) is 2.93. The number of allylic oxidation sites excluding steroid dienone is 2. The number of fused-ring (bicyclic) bond motifs is 1. The van der Waals surface area contributed by atoms with Crippen LogP contribution in [-0.2, 0) is 9.84 Å². The topological polar surface area (TPSA) is 64.8 Å². The number of nitrogens with zero attached hydrogens (tertiary/aromatic N) is 3. The lowest BCUT2D eigenvalue weighted by atomic mass is 10.0. The first kappa shape index (κ1) is 14.4. The summed E-state index contributed by atoms with van der Waals surface area (Å²) in [4.78, 5) is 3.33. The first-order valence-corrected chi connectivity index (χ1v) is 8.35. The molecule has 0 saturated carbocycles. The van der Waals surface area contributed by atoms with E-state index in [2.05, 4.69) is 10.1 Å². The fourth-order valence-corrected chi connectivity index (χ4v) is 3.96. The van der Waals surface area contributed by atoms with Crippen molar-refractivity contribution in [2.75, 3.05) is 0 Å². The molecular weight excluding hydrogens is 331 g/mol. The summed E-state index contributed by atoms with van der Waals surface area (Å²) in [5, 5.41) is 3.18. The van der Waals surface area contributed by atoms with Gasteiger partial charge >= 0.3 is 0 Å². The Morgan fingerprint density at radius 1 is 1.22 bits per heavy atom. The lowest BCUT2D eigenvalue weighted by Gasteiger charge is -2.12. The Hall–Kier alpha value is -2.16. The molecule has 1 aliphatic carbocycles. The van der Waals surface area contributed by atoms with Crippen LogP contribution in [0.2, 0.25) is 0 Å². The van der Waals surface area contributed by atoms with Crippen molar-refractivity contribution in [2.45, 2.75) is 30.2 Å². The van der Waals surface area contributed by atoms with Crippen molar-refractivity contribution in [1.29, 1.82) is 0 Å². The molecule has 0 radical (unpaired) electrons. The maximum Gasteiger partial charge on any atom is 0.271 e. The van der Waals surface area contributed by atoms with Crippen molar-refractivity contribution in [2.24, 2.45) is 0 Å². The molecule has 0 spiro atoms. The van der Waals surface area contributed by atoms with E-state index in [0.29, 0.717) is 0 Å². The molecule has 5 nitrogen and oxygen atoms in total. The Bertz CT molecular complexity index is 952. The zero-order valence-corrected chi connectivity index (χ0v) is 12.4. The maximum absolute atomic E-state index is 14.2. The number of alkyl halides is 1. The van der Waals surface area contributed by atoms with Crippen molar-refractivity contribution >= 4 is 9.84 Å². The summed E-state index contributed by atoms with van der Waals surface area (Å²) in [5.74, 6) is -1.45. The molecule has 0 fully saturated rings. The average molecular weight is 341 g/mol. The van der Waals surface area contributed by atoms with Crippen molar-refractivity contribution in [3.05, 3.63) is 52.2 Å². The quantitative estimate of drug-likeness (QED) is 0.861. The van der Waals surface area contributed by atoms with Gasteiger partial charge in [0.15, 0.2) is 12.0 Å². The normalized spacial score (nSPS) is 23.3. The Balaban J connectivity index is 1.80. The minimum atomic E-state index is -4.13. The van der Waals surface area contributed by atoms with E-state index >= 15 is 0 Å². The minimum Gasteiger partial charge on any atom is -0.239 e. The molecule has 2 aliphatic rings. The van der Waals surface area contributed by atoms with E-state index in [1.165, 1.54) is 18.2 Å². The number of aromatic nitrogens is 3. The predicted molar refractivity (Wildman–Crippen MR) is 73.0 cm³/mol. The summed E-state index contributed by atoms with van der Waals surface area (Å²) in [6, 6.07) is 5.04. The molecule has 4 rings (SSSR count). The van der Waals surface area contributed by atoms with Crippen LogP contribution in [0.5, 0.6) is 0 Å². The van der Waals surface area contributed by atoms with Crippen molar-refractivity contribution < 1.29 is 21.6 Å². The highest BCUT2D eigenvalue weighted by atomic mass is 32.2. The van der Waals surface area contributed by atoms with Crippen LogP contribution in [0.1, 0.15) is 36.4 Å². The highest BCUT2D eigenvalue weighted by molar-refractivity contribution is 7.95. The second kappa shape index (κ2) is 4.67. The third-order valence-corrected chi connectivity index (χ3v) is 5.63. The van der Waals surface area contributed by atoms with E-state index in [9.17, 15) is 21.6 Å². The number of rotatable bonds is 3. The number of hydrogen-bond donors (Lipinski definition) is 0. The van der Waals surface area contributed by atoms with Crippen molar-refractivity contribution in [3.63, 3.8) is 0 Å². The zero-order chi connectivity index (χ0) is 16.4. The van der Waals surface area contributed by atoms with Gasteiger partial charge in [-0.1, -0.05) is 18.2 Å². The third kappa shape index (κ3) is 2.10. The molecule has 1 aromatic heterocycles. The standard InChI is InChI=1S/C14H10F3N3O2S/c15-8-4-2-1-3-7(8)11-5-10(17)13-18-14(19-20(11)13)23(21,22)12-6-9(12)16/h1-4,10-11H,5-6H2/t10-,11-/m0/s1. The first-order chi connectivity index (χ1) is 10.9. The maximum atomic E-state index is 14.2. The molecule has 0 saturated heterocycles. The summed E-state index contributed by atoms with van der Waals surface area (Å²) in [7, 11) is -4.13. The van der Waals surface area contributed by atoms with Gasteiger partial charge in [-0.2, -0.15) is 4.98 Å². The van der Waals surface area contributed by atoms with Crippen molar-refractivity contribution in [3.8, 4) is 0 Å². The molecule has 0 amide bonds. The van der Waals surface area contributed by atoms with Crippen LogP contribution in [0.4, 0.5) is 13.2 Å². The molecular formula is C14H10F3N3O2S. The average Bonchev–Trinajstić information content (AvgIpc) is 2.96. The van der Waals surface area contributed by atoms with Gasteiger partial charge in [-0.15, -0.1) is 5.10 Å². The van der Waals surface area contributed by atoms with Crippen LogP contribution in [0, 0.1) is 5.82 Å². The van der Waals surface area contributed by atoms with Crippen LogP contribution in [-0.4, -0.2) is 23.2 Å². The largest absolute Gasteiger partial charge is 0.271 e. The number of benzene rings is 1. The molecule has 1 aliphatic heterocycles. The monoisotopic (exact) mass is 341 g/mol. The molecule has 0 unspecified atom stereocenters. The Morgan fingerprint density at radius 3 is 2.57 bits per heavy atom. The van der Waals surface area contributed by atoms with Gasteiger partial charge in [-0.3, -0.25) is 0 Å². The van der Waals surface area contributed by atoms with Gasteiger partial charge in [0.1, 0.15) is 11.6 Å². The summed E-state index contributed by atoms with van der Waals surface area (Å²) in [5.41, 5.74) is 0.208. The molecule has 2 heterocycles. The molecule has 9 heteroatoms. The highest BCUT2D eigenvalue weighted by Gasteiger charge is 2.42. The van der Waals surface area contributed by atoms with E-state index in [0.717, 1.165) is 4.68 Å². The second-order valence-corrected chi connectivity index (χ2v) is 7.31. The molecule has 23 heavy (non-hydrogen) atoms. The fraction of sp³-hybridized carbons (Fsp3) is 0.286. The lowest BCUT2D eigenvalue weighted by Crippen LogP contribution is -2.11. The van der Waals surface area contributed by atoms with Gasteiger partial charge in [-0.05, 0) is 6.07 Å². The van der Waals surface area contributed by atoms with Gasteiger partial charge in [0, 0.05) is 18.4 Å². The molecule has 1 aromatic carbocycles. The smallest absolute Gasteiger partial charge is 0.239 e. The Labute approximate surface area is 129 Å². The molecule has 2 aromatic rings. The van der Waals surface area contributed by atoms with E-state index < -0.39 is 38.9 Å². The van der Waals surface area contributed by atoms with Crippen LogP contribution in [0.25, 0.3) is 0 Å². The third-order valence-electron chi connectivity index (χ3n) is 3.97. The van der Waals surface area contributed by atoms with Gasteiger partial charge in [0.25, 0.3) is 5.16 Å². The van der Waals surface area contributed by atoms with Crippen LogP contribution in [0.15, 0.2) is 40.2 Å². The van der Waals surface area contributed by atoms with Crippen LogP contribution in [0.3, 0.4) is 0 Å². The molecule has 2 atom stereocenters. The fourth-order valence-electron chi connectivity index (χ4n) is 2.72. The summed E-state index contributed by atoms with van der Waals surface area (Å²) in [6.45, 7) is 0. The van der Waals surface area contributed by atoms with Gasteiger partial charge in [0.2, 0.25) is 9.84 Å². The zero-order valence-electron chi connectivity index (χ0n) is 11.6. The van der Waals surface area contributed by atoms with E-state index in [4.69, 9.17) is 0 Å². The second-order valence-electron chi connectivity index (χ2n) is 5.45. The van der Waals surface area contributed by atoms with Crippen molar-refractivity contribution in [1.82, 2.24) is 14.8 Å². The van der Waals surface area contributed by atoms with Gasteiger partial charge in [-0.25, -0.2) is 26.3 Å². The summed E-state index contributed by atoms with van der Waals surface area (Å²) in [6.07, 6.45) is -1.90. The molecule has 0 bridgehead atoms. The SMILES string of the molecule is O=S(=O)(C1=C(F)C1)c1nc2n(n1)[C@H](c1ccccc1F)C[C@@H]2F. The predicted octanol–water partition coefficient (Wildman–Crippen LogP) is 2.78. The van der Waals surface area contributed by atoms with E-state index in [-0.39, 0.29) is 29.1 Å². The number of halogens is 3. The Morgan fingerprint density at radius 2 is 1.91 bits per heavy atom. The number of hydrogen-bond acceptors (Lipinski definition) is 4. The summed E-state index contributed by atoms with van der Waals surface area (Å²) >= 11 is 0.